The van der Waals surface area contributed by atoms with E-state index in [4.69, 9.17) is 5.73 Å². The lowest BCUT2D eigenvalue weighted by atomic mass is 10.0. The Morgan fingerprint density at radius 2 is 2.15 bits per heavy atom. The Morgan fingerprint density at radius 1 is 1.54 bits per heavy atom. The number of nitrogens with two attached hydrogens (primary N) is 1. The molecule has 0 saturated carbocycles. The van der Waals surface area contributed by atoms with Gasteiger partial charge in [0.1, 0.15) is 5.75 Å². The summed E-state index contributed by atoms with van der Waals surface area (Å²) in [6.45, 7) is 1.92. The van der Waals surface area contributed by atoms with Crippen molar-refractivity contribution in [3.8, 4) is 5.75 Å². The zero-order valence-corrected chi connectivity index (χ0v) is 8.87. The highest BCUT2D eigenvalue weighted by atomic mass is 79.9. The Labute approximate surface area is 85.3 Å². The van der Waals surface area contributed by atoms with E-state index in [9.17, 15) is 10.2 Å². The maximum absolute atomic E-state index is 9.51. The van der Waals surface area contributed by atoms with E-state index in [1.165, 1.54) is 6.07 Å². The smallest absolute Gasteiger partial charge is 0.121 e. The van der Waals surface area contributed by atoms with Gasteiger partial charge in [-0.05, 0) is 24.6 Å². The number of phenols is 1. The summed E-state index contributed by atoms with van der Waals surface area (Å²) in [5.41, 5.74) is 6.63. The van der Waals surface area contributed by atoms with Gasteiger partial charge in [0, 0.05) is 16.6 Å². The fourth-order valence-electron chi connectivity index (χ4n) is 1.23. The average Bonchev–Trinajstić information content (AvgIpc) is 2.12. The van der Waals surface area contributed by atoms with E-state index in [0.29, 0.717) is 5.56 Å². The highest BCUT2D eigenvalue weighted by Crippen LogP contribution is 2.31. The summed E-state index contributed by atoms with van der Waals surface area (Å²) in [4.78, 5) is 0. The summed E-state index contributed by atoms with van der Waals surface area (Å²) in [5, 5.41) is 19.0. The summed E-state index contributed by atoms with van der Waals surface area (Å²) in [6, 6.07) is 3.27. The van der Waals surface area contributed by atoms with Crippen LogP contribution in [0.4, 0.5) is 0 Å². The minimum absolute atomic E-state index is 0.0821. The van der Waals surface area contributed by atoms with Crippen molar-refractivity contribution in [2.24, 2.45) is 5.73 Å². The molecule has 1 rings (SSSR count). The van der Waals surface area contributed by atoms with Crippen molar-refractivity contribution >= 4 is 15.9 Å². The zero-order valence-electron chi connectivity index (χ0n) is 7.29. The lowest BCUT2D eigenvalue weighted by Gasteiger charge is -2.14. The minimum atomic E-state index is -0.808. The molecule has 1 unspecified atom stereocenters. The number of hydrogen-bond acceptors (Lipinski definition) is 3. The first-order valence-corrected chi connectivity index (χ1v) is 4.73. The summed E-state index contributed by atoms with van der Waals surface area (Å²) in [7, 11) is 0. The van der Waals surface area contributed by atoms with Gasteiger partial charge < -0.3 is 15.9 Å². The Hall–Kier alpha value is -0.580. The van der Waals surface area contributed by atoms with E-state index < -0.39 is 6.10 Å². The topological polar surface area (TPSA) is 66.5 Å². The van der Waals surface area contributed by atoms with Gasteiger partial charge in [0.2, 0.25) is 0 Å². The second-order valence-electron chi connectivity index (χ2n) is 2.86. The van der Waals surface area contributed by atoms with Crippen molar-refractivity contribution < 1.29 is 10.2 Å². The van der Waals surface area contributed by atoms with Crippen LogP contribution in [0.15, 0.2) is 16.6 Å². The molecule has 72 valence electrons. The molecule has 1 atom stereocenters. The van der Waals surface area contributed by atoms with Gasteiger partial charge in [-0.2, -0.15) is 0 Å². The van der Waals surface area contributed by atoms with Crippen molar-refractivity contribution in [1.29, 1.82) is 0 Å². The molecule has 0 aliphatic rings. The van der Waals surface area contributed by atoms with Gasteiger partial charge >= 0.3 is 0 Å². The molecule has 1 aromatic carbocycles. The molecule has 0 aromatic heterocycles. The van der Waals surface area contributed by atoms with E-state index in [-0.39, 0.29) is 12.3 Å². The van der Waals surface area contributed by atoms with E-state index >= 15 is 0 Å². The largest absolute Gasteiger partial charge is 0.508 e. The van der Waals surface area contributed by atoms with E-state index in [1.54, 1.807) is 6.07 Å². The SMILES string of the molecule is Cc1c(Br)ccc(O)c1C(O)CN. The second kappa shape index (κ2) is 4.09. The molecular formula is C9H12BrNO2. The number of hydrogen-bond donors (Lipinski definition) is 3. The van der Waals surface area contributed by atoms with Gasteiger partial charge in [-0.15, -0.1) is 0 Å². The summed E-state index contributed by atoms with van der Waals surface area (Å²) < 4.78 is 0.854. The molecule has 0 heterocycles. The van der Waals surface area contributed by atoms with Gasteiger partial charge in [0.05, 0.1) is 6.10 Å². The molecule has 0 aliphatic heterocycles. The van der Waals surface area contributed by atoms with Crippen molar-refractivity contribution in [2.45, 2.75) is 13.0 Å². The van der Waals surface area contributed by atoms with E-state index in [1.807, 2.05) is 6.92 Å². The average molecular weight is 246 g/mol. The fourth-order valence-corrected chi connectivity index (χ4v) is 1.57. The third-order valence-electron chi connectivity index (χ3n) is 1.98. The number of rotatable bonds is 2. The molecule has 0 saturated heterocycles. The number of halogens is 1. The highest BCUT2D eigenvalue weighted by Gasteiger charge is 2.14. The van der Waals surface area contributed by atoms with Gasteiger partial charge in [0.15, 0.2) is 0 Å². The number of benzene rings is 1. The second-order valence-corrected chi connectivity index (χ2v) is 3.71. The molecule has 0 fully saturated rings. The first-order chi connectivity index (χ1) is 6.07. The van der Waals surface area contributed by atoms with Crippen molar-refractivity contribution in [3.63, 3.8) is 0 Å². The molecular weight excluding hydrogens is 234 g/mol. The standard InChI is InChI=1S/C9H12BrNO2/c1-5-6(10)2-3-7(12)9(5)8(13)4-11/h2-3,8,12-13H,4,11H2,1H3. The monoisotopic (exact) mass is 245 g/mol. The predicted octanol–water partition coefficient (Wildman–Crippen LogP) is 1.46. The molecule has 13 heavy (non-hydrogen) atoms. The van der Waals surface area contributed by atoms with Crippen molar-refractivity contribution in [1.82, 2.24) is 0 Å². The highest BCUT2D eigenvalue weighted by molar-refractivity contribution is 9.10. The number of aliphatic hydroxyl groups is 1. The molecule has 4 N–H and O–H groups in total. The fraction of sp³-hybridized carbons (Fsp3) is 0.333. The molecule has 3 nitrogen and oxygen atoms in total. The molecule has 0 amide bonds. The maximum Gasteiger partial charge on any atom is 0.121 e. The third kappa shape index (κ3) is 2.02. The molecule has 0 bridgehead atoms. The van der Waals surface area contributed by atoms with E-state index in [0.717, 1.165) is 10.0 Å². The number of aliphatic hydroxyl groups excluding tert-OH is 1. The van der Waals surface area contributed by atoms with Crippen LogP contribution in [0.25, 0.3) is 0 Å². The van der Waals surface area contributed by atoms with Crippen LogP contribution in [-0.2, 0) is 0 Å². The summed E-state index contributed by atoms with van der Waals surface area (Å²) in [6.07, 6.45) is -0.808. The minimum Gasteiger partial charge on any atom is -0.508 e. The van der Waals surface area contributed by atoms with Crippen molar-refractivity contribution in [2.75, 3.05) is 6.54 Å². The Bertz CT molecular complexity index is 315. The Kier molecular flexibility index (Phi) is 3.30. The third-order valence-corrected chi connectivity index (χ3v) is 2.84. The van der Waals surface area contributed by atoms with Crippen LogP contribution in [0, 0.1) is 6.92 Å². The summed E-state index contributed by atoms with van der Waals surface area (Å²) in [5.74, 6) is 0.0821. The van der Waals surface area contributed by atoms with Gasteiger partial charge in [0.25, 0.3) is 0 Å². The van der Waals surface area contributed by atoms with Gasteiger partial charge in [-0.25, -0.2) is 0 Å². The molecule has 0 radical (unpaired) electrons. The first-order valence-electron chi connectivity index (χ1n) is 3.94. The number of phenolic OH excluding ortho intramolecular Hbond substituents is 1. The lowest BCUT2D eigenvalue weighted by molar-refractivity contribution is 0.182. The van der Waals surface area contributed by atoms with Crippen molar-refractivity contribution in [3.05, 3.63) is 27.7 Å². The van der Waals surface area contributed by atoms with Crippen LogP contribution in [0.3, 0.4) is 0 Å². The summed E-state index contributed by atoms with van der Waals surface area (Å²) >= 11 is 3.31. The van der Waals surface area contributed by atoms with Gasteiger partial charge in [-0.1, -0.05) is 15.9 Å². The Morgan fingerprint density at radius 3 is 2.69 bits per heavy atom. The normalized spacial score (nSPS) is 12.9. The van der Waals surface area contributed by atoms with Crippen LogP contribution in [-0.4, -0.2) is 16.8 Å². The van der Waals surface area contributed by atoms with Crippen LogP contribution < -0.4 is 5.73 Å². The van der Waals surface area contributed by atoms with Crippen LogP contribution in [0.2, 0.25) is 0 Å². The van der Waals surface area contributed by atoms with Crippen LogP contribution in [0.1, 0.15) is 17.2 Å². The maximum atomic E-state index is 9.51. The Balaban J connectivity index is 3.25. The first kappa shape index (κ1) is 10.5. The quantitative estimate of drug-likeness (QED) is 0.739. The van der Waals surface area contributed by atoms with E-state index in [2.05, 4.69) is 15.9 Å². The van der Waals surface area contributed by atoms with Gasteiger partial charge in [-0.3, -0.25) is 0 Å². The molecule has 4 heteroatoms. The molecule has 1 aromatic rings. The molecule has 0 spiro atoms. The molecule has 0 aliphatic carbocycles. The predicted molar refractivity (Wildman–Crippen MR) is 54.6 cm³/mol. The zero-order chi connectivity index (χ0) is 10.0. The number of aromatic hydroxyl groups is 1. The van der Waals surface area contributed by atoms with Crippen LogP contribution in [0.5, 0.6) is 5.75 Å². The lowest BCUT2D eigenvalue weighted by Crippen LogP contribution is -2.13. The van der Waals surface area contributed by atoms with Crippen LogP contribution >= 0.6 is 15.9 Å².